The summed E-state index contributed by atoms with van der Waals surface area (Å²) in [4.78, 5) is 22.0. The lowest BCUT2D eigenvalue weighted by atomic mass is 10.0. The van der Waals surface area contributed by atoms with Gasteiger partial charge in [0.05, 0.1) is 0 Å². The van der Waals surface area contributed by atoms with Crippen molar-refractivity contribution in [3.05, 3.63) is 11.6 Å². The van der Waals surface area contributed by atoms with E-state index in [9.17, 15) is 22.8 Å². The molecule has 0 aromatic heterocycles. The molecule has 1 unspecified atom stereocenters. The number of aliphatic carboxylic acids is 1. The van der Waals surface area contributed by atoms with E-state index in [0.29, 0.717) is 6.08 Å². The zero-order valence-electron chi connectivity index (χ0n) is 10.3. The number of hydrogen-bond acceptors (Lipinski definition) is 2. The first kappa shape index (κ1) is 16.5. The van der Waals surface area contributed by atoms with Crippen molar-refractivity contribution in [2.24, 2.45) is 5.92 Å². The first-order chi connectivity index (χ1) is 8.04. The molecular formula is C11H16F3NO3. The van der Waals surface area contributed by atoms with Crippen LogP contribution >= 0.6 is 0 Å². The number of allylic oxidation sites excluding steroid dienone is 1. The van der Waals surface area contributed by atoms with Gasteiger partial charge in [-0.1, -0.05) is 13.8 Å². The lowest BCUT2D eigenvalue weighted by Crippen LogP contribution is -2.41. The van der Waals surface area contributed by atoms with E-state index < -0.39 is 29.7 Å². The van der Waals surface area contributed by atoms with Crippen LogP contribution in [0.5, 0.6) is 0 Å². The normalized spacial score (nSPS) is 14.5. The molecule has 0 spiro atoms. The van der Waals surface area contributed by atoms with Gasteiger partial charge in [0.25, 0.3) is 0 Å². The summed E-state index contributed by atoms with van der Waals surface area (Å²) < 4.78 is 36.5. The largest absolute Gasteiger partial charge is 0.480 e. The highest BCUT2D eigenvalue weighted by Gasteiger charge is 2.31. The third-order valence-electron chi connectivity index (χ3n) is 2.12. The molecule has 0 aromatic rings. The summed E-state index contributed by atoms with van der Waals surface area (Å²) in [6.07, 6.45) is -4.08. The summed E-state index contributed by atoms with van der Waals surface area (Å²) in [5.41, 5.74) is -1.08. The molecule has 0 saturated carbocycles. The number of rotatable bonds is 5. The number of carbonyl (C=O) groups is 2. The molecule has 0 bridgehead atoms. The second-order valence-electron chi connectivity index (χ2n) is 4.35. The first-order valence-electron chi connectivity index (χ1n) is 5.32. The minimum atomic E-state index is -4.59. The Labute approximate surface area is 103 Å². The number of hydrogen-bond donors (Lipinski definition) is 2. The van der Waals surface area contributed by atoms with E-state index in [2.05, 4.69) is 0 Å². The minimum Gasteiger partial charge on any atom is -0.480 e. The lowest BCUT2D eigenvalue weighted by molar-refractivity contribution is -0.141. The maximum absolute atomic E-state index is 12.2. The Hall–Kier alpha value is -1.53. The van der Waals surface area contributed by atoms with Gasteiger partial charge in [0.15, 0.2) is 0 Å². The number of carbonyl (C=O) groups excluding carboxylic acids is 1. The molecule has 0 fully saturated rings. The third kappa shape index (κ3) is 6.27. The minimum absolute atomic E-state index is 0.000840. The van der Waals surface area contributed by atoms with Crippen molar-refractivity contribution in [1.29, 1.82) is 0 Å². The van der Waals surface area contributed by atoms with Gasteiger partial charge in [0, 0.05) is 11.6 Å². The number of nitrogens with one attached hydrogen (secondary N) is 1. The van der Waals surface area contributed by atoms with Crippen LogP contribution in [0.2, 0.25) is 0 Å². The zero-order chi connectivity index (χ0) is 14.5. The van der Waals surface area contributed by atoms with Crippen LogP contribution in [0.25, 0.3) is 0 Å². The molecule has 7 heteroatoms. The Kier molecular flexibility index (Phi) is 5.87. The molecule has 0 heterocycles. The van der Waals surface area contributed by atoms with Crippen LogP contribution in [0.4, 0.5) is 13.2 Å². The second kappa shape index (κ2) is 6.42. The molecule has 1 atom stereocenters. The third-order valence-corrected chi connectivity index (χ3v) is 2.12. The predicted molar refractivity (Wildman–Crippen MR) is 58.8 cm³/mol. The van der Waals surface area contributed by atoms with Gasteiger partial charge in [0.2, 0.25) is 5.91 Å². The van der Waals surface area contributed by atoms with Gasteiger partial charge in [-0.05, 0) is 19.3 Å². The van der Waals surface area contributed by atoms with E-state index in [1.807, 2.05) is 5.32 Å². The fourth-order valence-electron chi connectivity index (χ4n) is 1.18. The van der Waals surface area contributed by atoms with Crippen molar-refractivity contribution in [2.45, 2.75) is 39.4 Å². The van der Waals surface area contributed by atoms with Crippen molar-refractivity contribution >= 4 is 11.9 Å². The molecular weight excluding hydrogens is 251 g/mol. The molecule has 18 heavy (non-hydrogen) atoms. The van der Waals surface area contributed by atoms with Crippen molar-refractivity contribution in [3.63, 3.8) is 0 Å². The summed E-state index contributed by atoms with van der Waals surface area (Å²) in [6.45, 7) is 4.25. The van der Waals surface area contributed by atoms with Crippen LogP contribution in [0.1, 0.15) is 27.2 Å². The molecule has 104 valence electrons. The summed E-state index contributed by atoms with van der Waals surface area (Å²) in [5, 5.41) is 10.8. The molecule has 0 aliphatic carbocycles. The maximum Gasteiger partial charge on any atom is 0.412 e. The van der Waals surface area contributed by atoms with E-state index >= 15 is 0 Å². The number of carboxylic acid groups (broad SMARTS) is 1. The van der Waals surface area contributed by atoms with Gasteiger partial charge in [-0.15, -0.1) is 0 Å². The Bertz CT molecular complexity index is 348. The lowest BCUT2D eigenvalue weighted by Gasteiger charge is -2.15. The highest BCUT2D eigenvalue weighted by molar-refractivity contribution is 5.91. The van der Waals surface area contributed by atoms with Gasteiger partial charge in [-0.2, -0.15) is 13.2 Å². The summed E-state index contributed by atoms with van der Waals surface area (Å²) >= 11 is 0. The van der Waals surface area contributed by atoms with Gasteiger partial charge >= 0.3 is 12.1 Å². The fourth-order valence-corrected chi connectivity index (χ4v) is 1.18. The van der Waals surface area contributed by atoms with Gasteiger partial charge in [-0.3, -0.25) is 4.79 Å². The van der Waals surface area contributed by atoms with Crippen LogP contribution in [-0.2, 0) is 9.59 Å². The predicted octanol–water partition coefficient (Wildman–Crippen LogP) is 2.11. The Morgan fingerprint density at radius 3 is 2.17 bits per heavy atom. The van der Waals surface area contributed by atoms with Gasteiger partial charge in [0.1, 0.15) is 6.04 Å². The molecule has 0 radical (unpaired) electrons. The van der Waals surface area contributed by atoms with Crippen LogP contribution in [0.15, 0.2) is 11.6 Å². The first-order valence-corrected chi connectivity index (χ1v) is 5.32. The van der Waals surface area contributed by atoms with E-state index in [4.69, 9.17) is 5.11 Å². The van der Waals surface area contributed by atoms with E-state index in [1.165, 1.54) is 0 Å². The fraction of sp³-hybridized carbons (Fsp3) is 0.636. The average Bonchev–Trinajstić information content (AvgIpc) is 2.13. The molecule has 4 nitrogen and oxygen atoms in total. The second-order valence-corrected chi connectivity index (χ2v) is 4.35. The van der Waals surface area contributed by atoms with E-state index in [0.717, 1.165) is 6.92 Å². The van der Waals surface area contributed by atoms with Crippen LogP contribution in [0.3, 0.4) is 0 Å². The molecule has 2 N–H and O–H groups in total. The smallest absolute Gasteiger partial charge is 0.412 e. The molecule has 0 aliphatic heterocycles. The van der Waals surface area contributed by atoms with Crippen LogP contribution < -0.4 is 5.32 Å². The monoisotopic (exact) mass is 267 g/mol. The Morgan fingerprint density at radius 2 is 1.83 bits per heavy atom. The van der Waals surface area contributed by atoms with E-state index in [-0.39, 0.29) is 12.3 Å². The van der Waals surface area contributed by atoms with Crippen molar-refractivity contribution in [2.75, 3.05) is 0 Å². The summed E-state index contributed by atoms with van der Waals surface area (Å²) in [6, 6.07) is -1.19. The SMILES string of the molecule is C/C(=C\C(=O)NC(CC(C)C)C(=O)O)C(F)(F)F. The number of carboxylic acids is 1. The van der Waals surface area contributed by atoms with E-state index in [1.54, 1.807) is 13.8 Å². The van der Waals surface area contributed by atoms with Gasteiger partial charge < -0.3 is 10.4 Å². The van der Waals surface area contributed by atoms with Gasteiger partial charge in [-0.25, -0.2) is 4.79 Å². The Morgan fingerprint density at radius 1 is 1.33 bits per heavy atom. The van der Waals surface area contributed by atoms with Crippen molar-refractivity contribution in [1.82, 2.24) is 5.32 Å². The van der Waals surface area contributed by atoms with Crippen molar-refractivity contribution < 1.29 is 27.9 Å². The number of alkyl halides is 3. The number of halogens is 3. The molecule has 1 amide bonds. The molecule has 0 aromatic carbocycles. The van der Waals surface area contributed by atoms with Crippen molar-refractivity contribution in [3.8, 4) is 0 Å². The zero-order valence-corrected chi connectivity index (χ0v) is 10.3. The maximum atomic E-state index is 12.2. The average molecular weight is 267 g/mol. The molecule has 0 rings (SSSR count). The van der Waals surface area contributed by atoms with Crippen LogP contribution in [-0.4, -0.2) is 29.2 Å². The summed E-state index contributed by atoms with van der Waals surface area (Å²) in [5.74, 6) is -2.33. The Balaban J connectivity index is 4.67. The standard InChI is InChI=1S/C11H16F3NO3/c1-6(2)4-8(10(17)18)15-9(16)5-7(3)11(12,13)14/h5-6,8H,4H2,1-3H3,(H,15,16)(H,17,18)/b7-5+. The quantitative estimate of drug-likeness (QED) is 0.750. The molecule has 0 saturated heterocycles. The highest BCUT2D eigenvalue weighted by Crippen LogP contribution is 2.24. The summed E-state index contributed by atoms with van der Waals surface area (Å²) in [7, 11) is 0. The topological polar surface area (TPSA) is 66.4 Å². The number of amides is 1. The highest BCUT2D eigenvalue weighted by atomic mass is 19.4. The molecule has 0 aliphatic rings. The van der Waals surface area contributed by atoms with Crippen LogP contribution in [0, 0.1) is 5.92 Å².